The van der Waals surface area contributed by atoms with Crippen LogP contribution >= 0.6 is 11.6 Å². The Morgan fingerprint density at radius 1 is 1.20 bits per heavy atom. The molecule has 1 N–H and O–H groups in total. The zero-order valence-electron chi connectivity index (χ0n) is 16.3. The van der Waals surface area contributed by atoms with E-state index in [-0.39, 0.29) is 29.7 Å². The van der Waals surface area contributed by atoms with E-state index in [0.717, 1.165) is 5.56 Å². The van der Waals surface area contributed by atoms with Crippen LogP contribution < -0.4 is 10.1 Å². The number of hydrogen-bond acceptors (Lipinski definition) is 3. The van der Waals surface area contributed by atoms with Gasteiger partial charge >= 0.3 is 6.61 Å². The van der Waals surface area contributed by atoms with Crippen LogP contribution in [0.15, 0.2) is 48.5 Å². The molecule has 0 spiro atoms. The van der Waals surface area contributed by atoms with Gasteiger partial charge < -0.3 is 15.0 Å². The second-order valence-electron chi connectivity index (χ2n) is 7.14. The van der Waals surface area contributed by atoms with Crippen LogP contribution in [0.25, 0.3) is 0 Å². The summed E-state index contributed by atoms with van der Waals surface area (Å²) < 4.78 is 29.7. The molecule has 2 amide bonds. The fraction of sp³-hybridized carbons (Fsp3) is 0.364. The molecular weight excluding hydrogens is 414 g/mol. The molecule has 1 aliphatic heterocycles. The summed E-state index contributed by atoms with van der Waals surface area (Å²) in [6.45, 7) is -1.84. The van der Waals surface area contributed by atoms with Gasteiger partial charge in [-0.1, -0.05) is 35.9 Å². The minimum atomic E-state index is -3.02. The number of alkyl halides is 2. The highest BCUT2D eigenvalue weighted by molar-refractivity contribution is 6.30. The Morgan fingerprint density at radius 3 is 2.77 bits per heavy atom. The Morgan fingerprint density at radius 2 is 2.00 bits per heavy atom. The van der Waals surface area contributed by atoms with Crippen molar-refractivity contribution in [3.8, 4) is 5.75 Å². The summed E-state index contributed by atoms with van der Waals surface area (Å²) in [5.74, 6) is -1.04. The molecule has 1 atom stereocenters. The van der Waals surface area contributed by atoms with E-state index in [1.165, 1.54) is 23.1 Å². The molecule has 1 aliphatic rings. The molecule has 0 saturated carbocycles. The van der Waals surface area contributed by atoms with Gasteiger partial charge in [-0.05, 0) is 49.1 Å². The number of carbonyl (C=O) groups is 2. The van der Waals surface area contributed by atoms with Gasteiger partial charge in [0.05, 0.1) is 11.5 Å². The summed E-state index contributed by atoms with van der Waals surface area (Å²) >= 11 is 5.97. The highest BCUT2D eigenvalue weighted by atomic mass is 35.5. The second-order valence-corrected chi connectivity index (χ2v) is 7.57. The molecule has 3 rings (SSSR count). The number of halogens is 3. The van der Waals surface area contributed by atoms with Gasteiger partial charge in [-0.25, -0.2) is 0 Å². The Kier molecular flexibility index (Phi) is 7.63. The lowest BCUT2D eigenvalue weighted by molar-refractivity contribution is -0.126. The first-order valence-corrected chi connectivity index (χ1v) is 10.2. The molecule has 0 radical (unpaired) electrons. The van der Waals surface area contributed by atoms with E-state index < -0.39 is 12.5 Å². The number of carbonyl (C=O) groups excluding carboxylic acids is 2. The summed E-state index contributed by atoms with van der Waals surface area (Å²) in [5, 5.41) is 3.56. The zero-order chi connectivity index (χ0) is 21.5. The molecule has 2 aromatic carbocycles. The Labute approximate surface area is 179 Å². The van der Waals surface area contributed by atoms with Gasteiger partial charge in [-0.2, -0.15) is 8.78 Å². The molecule has 30 heavy (non-hydrogen) atoms. The maximum atomic E-state index is 12.9. The van der Waals surface area contributed by atoms with Crippen molar-refractivity contribution < 1.29 is 23.1 Å². The van der Waals surface area contributed by atoms with E-state index in [1.807, 2.05) is 18.2 Å². The first-order valence-electron chi connectivity index (χ1n) is 9.79. The van der Waals surface area contributed by atoms with Crippen molar-refractivity contribution in [2.45, 2.75) is 25.9 Å². The Balaban J connectivity index is 1.57. The van der Waals surface area contributed by atoms with Gasteiger partial charge in [-0.3, -0.25) is 9.59 Å². The molecule has 160 valence electrons. The van der Waals surface area contributed by atoms with Crippen LogP contribution in [0, 0.1) is 5.92 Å². The SMILES string of the molecule is O=C(NCCc1cccc(Cl)c1)C1CCCN(C(=O)c2ccccc2OC(F)F)C1. The quantitative estimate of drug-likeness (QED) is 0.709. The topological polar surface area (TPSA) is 58.6 Å². The molecule has 0 bridgehead atoms. The molecule has 5 nitrogen and oxygen atoms in total. The summed E-state index contributed by atoms with van der Waals surface area (Å²) in [7, 11) is 0. The molecule has 2 aromatic rings. The lowest BCUT2D eigenvalue weighted by atomic mass is 9.96. The number of ether oxygens (including phenoxy) is 1. The molecule has 8 heteroatoms. The molecule has 1 unspecified atom stereocenters. The standard InChI is InChI=1S/C22H23ClF2N2O3/c23-17-7-3-5-15(13-17)10-11-26-20(28)16-6-4-12-27(14-16)21(29)18-8-1-2-9-19(18)30-22(24)25/h1-3,5,7-9,13,16,22H,4,6,10-12,14H2,(H,26,28). The van der Waals surface area contributed by atoms with E-state index in [9.17, 15) is 18.4 Å². The molecule has 0 aromatic heterocycles. The smallest absolute Gasteiger partial charge is 0.387 e. The molecule has 0 aliphatic carbocycles. The van der Waals surface area contributed by atoms with Crippen molar-refractivity contribution in [3.63, 3.8) is 0 Å². The maximum absolute atomic E-state index is 12.9. The van der Waals surface area contributed by atoms with Gasteiger partial charge in [0, 0.05) is 24.7 Å². The lowest BCUT2D eigenvalue weighted by Crippen LogP contribution is -2.45. The predicted molar refractivity (Wildman–Crippen MR) is 110 cm³/mol. The van der Waals surface area contributed by atoms with Crippen molar-refractivity contribution in [1.29, 1.82) is 0 Å². The highest BCUT2D eigenvalue weighted by Gasteiger charge is 2.30. The fourth-order valence-corrected chi connectivity index (χ4v) is 3.77. The van der Waals surface area contributed by atoms with Gasteiger partial charge in [0.2, 0.25) is 5.91 Å². The van der Waals surface area contributed by atoms with E-state index in [1.54, 1.807) is 12.1 Å². The Bertz CT molecular complexity index is 894. The fourth-order valence-electron chi connectivity index (χ4n) is 3.55. The van der Waals surface area contributed by atoms with E-state index in [2.05, 4.69) is 10.1 Å². The highest BCUT2D eigenvalue weighted by Crippen LogP contribution is 2.25. The van der Waals surface area contributed by atoms with Crippen LogP contribution in [0.1, 0.15) is 28.8 Å². The third-order valence-corrected chi connectivity index (χ3v) is 5.25. The monoisotopic (exact) mass is 436 g/mol. The van der Waals surface area contributed by atoms with Crippen LogP contribution in [0.4, 0.5) is 8.78 Å². The van der Waals surface area contributed by atoms with Crippen molar-refractivity contribution in [3.05, 3.63) is 64.7 Å². The van der Waals surface area contributed by atoms with Gasteiger partial charge in [-0.15, -0.1) is 0 Å². The minimum Gasteiger partial charge on any atom is -0.434 e. The van der Waals surface area contributed by atoms with Gasteiger partial charge in [0.1, 0.15) is 5.75 Å². The van der Waals surface area contributed by atoms with E-state index >= 15 is 0 Å². The Hall–Kier alpha value is -2.67. The van der Waals surface area contributed by atoms with E-state index in [0.29, 0.717) is 37.4 Å². The number of hydrogen-bond donors (Lipinski definition) is 1. The largest absolute Gasteiger partial charge is 0.434 e. The second kappa shape index (κ2) is 10.4. The van der Waals surface area contributed by atoms with Crippen LogP contribution in [-0.2, 0) is 11.2 Å². The van der Waals surface area contributed by atoms with Crippen molar-refractivity contribution in [2.24, 2.45) is 5.92 Å². The minimum absolute atomic E-state index is 0.0693. The average Bonchev–Trinajstić information content (AvgIpc) is 2.73. The summed E-state index contributed by atoms with van der Waals surface area (Å²) in [4.78, 5) is 27.0. The number of nitrogens with one attached hydrogen (secondary N) is 1. The van der Waals surface area contributed by atoms with Crippen molar-refractivity contribution in [1.82, 2.24) is 10.2 Å². The number of likely N-dealkylation sites (tertiary alicyclic amines) is 1. The maximum Gasteiger partial charge on any atom is 0.387 e. The molecule has 1 saturated heterocycles. The first kappa shape index (κ1) is 22.0. The van der Waals surface area contributed by atoms with Gasteiger partial charge in [0.25, 0.3) is 5.91 Å². The predicted octanol–water partition coefficient (Wildman–Crippen LogP) is 4.15. The third kappa shape index (κ3) is 5.92. The summed E-state index contributed by atoms with van der Waals surface area (Å²) in [6.07, 6.45) is 1.98. The molecular formula is C22H23ClF2N2O3. The lowest BCUT2D eigenvalue weighted by Gasteiger charge is -2.32. The van der Waals surface area contributed by atoms with E-state index in [4.69, 9.17) is 11.6 Å². The van der Waals surface area contributed by atoms with Gasteiger partial charge in [0.15, 0.2) is 0 Å². The van der Waals surface area contributed by atoms with Crippen LogP contribution in [0.5, 0.6) is 5.75 Å². The number of benzene rings is 2. The number of piperidine rings is 1. The zero-order valence-corrected chi connectivity index (χ0v) is 17.1. The normalized spacial score (nSPS) is 16.4. The third-order valence-electron chi connectivity index (χ3n) is 5.01. The first-order chi connectivity index (χ1) is 14.4. The number of amides is 2. The van der Waals surface area contributed by atoms with Crippen LogP contribution in [0.3, 0.4) is 0 Å². The summed E-state index contributed by atoms with van der Waals surface area (Å²) in [6, 6.07) is 13.4. The van der Waals surface area contributed by atoms with Crippen molar-refractivity contribution in [2.75, 3.05) is 19.6 Å². The molecule has 1 heterocycles. The number of para-hydroxylation sites is 1. The number of nitrogens with zero attached hydrogens (tertiary/aromatic N) is 1. The number of rotatable bonds is 7. The average molecular weight is 437 g/mol. The van der Waals surface area contributed by atoms with Crippen molar-refractivity contribution >= 4 is 23.4 Å². The van der Waals surface area contributed by atoms with Crippen LogP contribution in [0.2, 0.25) is 5.02 Å². The molecule has 1 fully saturated rings. The van der Waals surface area contributed by atoms with Crippen LogP contribution in [-0.4, -0.2) is 43.0 Å². The summed E-state index contributed by atoms with van der Waals surface area (Å²) in [5.41, 5.74) is 1.10.